The number of alkyl halides is 6. The van der Waals surface area contributed by atoms with Gasteiger partial charge in [-0.25, -0.2) is 0 Å². The third-order valence-corrected chi connectivity index (χ3v) is 6.84. The largest absolute Gasteiger partial charge is 0.416 e. The van der Waals surface area contributed by atoms with E-state index in [1.165, 1.54) is 6.42 Å². The van der Waals surface area contributed by atoms with Crippen LogP contribution in [0.15, 0.2) is 18.2 Å². The fourth-order valence-electron chi connectivity index (χ4n) is 4.89. The van der Waals surface area contributed by atoms with Crippen LogP contribution in [0, 0.1) is 17.8 Å². The van der Waals surface area contributed by atoms with Crippen LogP contribution in [-0.4, -0.2) is 10.7 Å². The molecule has 1 rings (SSSR count). The molecule has 1 N–H and O–H groups in total. The second-order valence-electron chi connectivity index (χ2n) is 9.90. The molecule has 1 nitrogen and oxygen atoms in total. The molecule has 0 aliphatic rings. The van der Waals surface area contributed by atoms with Gasteiger partial charge in [0.05, 0.1) is 16.7 Å². The van der Waals surface area contributed by atoms with Crippen molar-refractivity contribution in [2.75, 3.05) is 0 Å². The Bertz CT molecular complexity index is 665. The molecule has 1 atom stereocenters. The van der Waals surface area contributed by atoms with Crippen molar-refractivity contribution in [1.29, 1.82) is 0 Å². The molecule has 0 amide bonds. The van der Waals surface area contributed by atoms with Gasteiger partial charge < -0.3 is 5.11 Å². The van der Waals surface area contributed by atoms with Gasteiger partial charge in [0, 0.05) is 0 Å². The minimum absolute atomic E-state index is 0.0000389. The van der Waals surface area contributed by atoms with Crippen molar-refractivity contribution >= 4 is 0 Å². The summed E-state index contributed by atoms with van der Waals surface area (Å²) in [6.07, 6.45) is -2.20. The predicted octanol–water partition coefficient (Wildman–Crippen LogP) is 9.07. The highest BCUT2D eigenvalue weighted by Gasteiger charge is 2.42. The van der Waals surface area contributed by atoms with Gasteiger partial charge in [-0.2, -0.15) is 26.3 Å². The Morgan fingerprint density at radius 1 is 0.697 bits per heavy atom. The highest BCUT2D eigenvalue weighted by molar-refractivity contribution is 5.33. The summed E-state index contributed by atoms with van der Waals surface area (Å²) in [4.78, 5) is 0. The van der Waals surface area contributed by atoms with E-state index < -0.39 is 29.1 Å². The van der Waals surface area contributed by atoms with E-state index in [2.05, 4.69) is 6.92 Å². The van der Waals surface area contributed by atoms with Crippen molar-refractivity contribution in [2.24, 2.45) is 17.8 Å². The van der Waals surface area contributed by atoms with Gasteiger partial charge in [0.1, 0.15) is 0 Å². The minimum atomic E-state index is -4.86. The van der Waals surface area contributed by atoms with Gasteiger partial charge in [0.15, 0.2) is 0 Å². The second-order valence-corrected chi connectivity index (χ2v) is 9.90. The van der Waals surface area contributed by atoms with E-state index in [9.17, 15) is 31.4 Å². The Morgan fingerprint density at radius 2 is 1.15 bits per heavy atom. The third kappa shape index (κ3) is 8.80. The van der Waals surface area contributed by atoms with Crippen molar-refractivity contribution in [2.45, 2.75) is 110 Å². The van der Waals surface area contributed by atoms with E-state index >= 15 is 0 Å². The van der Waals surface area contributed by atoms with E-state index in [4.69, 9.17) is 0 Å². The van der Waals surface area contributed by atoms with Gasteiger partial charge in [0.2, 0.25) is 0 Å². The Kier molecular flexibility index (Phi) is 11.2. The first-order valence-electron chi connectivity index (χ1n) is 12.1. The monoisotopic (exact) mass is 482 g/mol. The zero-order chi connectivity index (χ0) is 25.4. The van der Waals surface area contributed by atoms with Gasteiger partial charge in [-0.05, 0) is 60.8 Å². The summed E-state index contributed by atoms with van der Waals surface area (Å²) in [6.45, 7) is 9.81. The lowest BCUT2D eigenvalue weighted by Crippen LogP contribution is -2.48. The topological polar surface area (TPSA) is 20.2 Å². The molecule has 0 fully saturated rings. The smallest absolute Gasteiger partial charge is 0.389 e. The lowest BCUT2D eigenvalue weighted by atomic mass is 9.67. The molecule has 0 radical (unpaired) electrons. The molecule has 0 aliphatic heterocycles. The Morgan fingerprint density at radius 3 is 1.58 bits per heavy atom. The first kappa shape index (κ1) is 29.8. The number of unbranched alkanes of at least 4 members (excludes halogenated alkanes) is 5. The number of hydrogen-bond acceptors (Lipinski definition) is 1. The van der Waals surface area contributed by atoms with Crippen molar-refractivity contribution in [3.05, 3.63) is 34.9 Å². The zero-order valence-electron chi connectivity index (χ0n) is 20.5. The second kappa shape index (κ2) is 12.5. The lowest BCUT2D eigenvalue weighted by Gasteiger charge is -2.43. The fourth-order valence-corrected chi connectivity index (χ4v) is 4.89. The number of benzene rings is 1. The molecule has 7 heteroatoms. The highest BCUT2D eigenvalue weighted by atomic mass is 19.4. The van der Waals surface area contributed by atoms with Gasteiger partial charge in [-0.1, -0.05) is 73.1 Å². The van der Waals surface area contributed by atoms with E-state index in [0.29, 0.717) is 12.8 Å². The first-order valence-corrected chi connectivity index (χ1v) is 12.1. The summed E-state index contributed by atoms with van der Waals surface area (Å²) in [5.41, 5.74) is -3.62. The summed E-state index contributed by atoms with van der Waals surface area (Å²) >= 11 is 0. The fraction of sp³-hybridized carbons (Fsp3) is 0.769. The summed E-state index contributed by atoms with van der Waals surface area (Å²) in [5.74, 6) is -0.391. The molecule has 0 saturated carbocycles. The molecule has 192 valence electrons. The molecule has 0 heterocycles. The Hall–Kier alpha value is -1.24. The maximum atomic E-state index is 13.2. The lowest BCUT2D eigenvalue weighted by molar-refractivity contribution is -0.143. The van der Waals surface area contributed by atoms with Crippen LogP contribution in [0.1, 0.15) is 103 Å². The summed E-state index contributed by atoms with van der Waals surface area (Å²) in [7, 11) is 0. The van der Waals surface area contributed by atoms with Gasteiger partial charge in [-0.3, -0.25) is 0 Å². The maximum absolute atomic E-state index is 13.2. The van der Waals surface area contributed by atoms with Crippen molar-refractivity contribution < 1.29 is 31.4 Å². The number of hydrogen-bond donors (Lipinski definition) is 1. The normalized spacial score (nSPS) is 14.4. The van der Waals surface area contributed by atoms with Crippen LogP contribution in [0.4, 0.5) is 26.3 Å². The first-order chi connectivity index (χ1) is 15.1. The molecule has 33 heavy (non-hydrogen) atoms. The van der Waals surface area contributed by atoms with Crippen LogP contribution in [-0.2, 0) is 18.8 Å². The molecule has 0 saturated heterocycles. The highest BCUT2D eigenvalue weighted by Crippen LogP contribution is 2.41. The van der Waals surface area contributed by atoms with Gasteiger partial charge >= 0.3 is 12.4 Å². The summed E-state index contributed by atoms with van der Waals surface area (Å²) in [5, 5.41) is 11.6. The Labute approximate surface area is 195 Å². The van der Waals surface area contributed by atoms with Crippen LogP contribution >= 0.6 is 0 Å². The van der Waals surface area contributed by atoms with Crippen LogP contribution < -0.4 is 0 Å². The van der Waals surface area contributed by atoms with Crippen molar-refractivity contribution in [3.8, 4) is 0 Å². The number of aryl methyl sites for hydroxylation is 1. The van der Waals surface area contributed by atoms with E-state index in [-0.39, 0.29) is 35.8 Å². The third-order valence-electron chi connectivity index (χ3n) is 6.84. The average molecular weight is 483 g/mol. The number of halogens is 6. The molecular formula is C26H40F6O. The van der Waals surface area contributed by atoms with Gasteiger partial charge in [0.25, 0.3) is 0 Å². The quantitative estimate of drug-likeness (QED) is 0.220. The van der Waals surface area contributed by atoms with E-state index in [1.807, 2.05) is 27.7 Å². The van der Waals surface area contributed by atoms with Crippen LogP contribution in [0.2, 0.25) is 0 Å². The molecule has 0 spiro atoms. The summed E-state index contributed by atoms with van der Waals surface area (Å²) < 4.78 is 79.3. The molecule has 1 unspecified atom stereocenters. The van der Waals surface area contributed by atoms with Gasteiger partial charge in [-0.15, -0.1) is 0 Å². The predicted molar refractivity (Wildman–Crippen MR) is 121 cm³/mol. The molecule has 0 bridgehead atoms. The molecule has 0 aliphatic carbocycles. The SMILES string of the molecule is CCCCCCCCC(CCc1cc(C(F)(F)F)cc(C(F)(F)F)c1)C(O)(C(C)C)C(C)C. The summed E-state index contributed by atoms with van der Waals surface area (Å²) in [6, 6.07) is 1.78. The molecular weight excluding hydrogens is 442 g/mol. The average Bonchev–Trinajstić information content (AvgIpc) is 2.70. The number of rotatable bonds is 13. The Balaban J connectivity index is 3.12. The molecule has 0 aromatic heterocycles. The zero-order valence-corrected chi connectivity index (χ0v) is 20.5. The maximum Gasteiger partial charge on any atom is 0.416 e. The standard InChI is InChI=1S/C26H40F6O/c1-6-7-8-9-10-11-12-21(24(33,18(2)3)19(4)5)14-13-20-15-22(25(27,28)29)17-23(16-20)26(30,31)32/h15-19,21,33H,6-14H2,1-5H3. The van der Waals surface area contributed by atoms with Crippen molar-refractivity contribution in [1.82, 2.24) is 0 Å². The van der Waals surface area contributed by atoms with E-state index in [0.717, 1.165) is 44.2 Å². The number of aliphatic hydroxyl groups is 1. The molecule has 1 aromatic rings. The van der Waals surface area contributed by atoms with Crippen LogP contribution in [0.25, 0.3) is 0 Å². The molecule has 1 aromatic carbocycles. The minimum Gasteiger partial charge on any atom is -0.389 e. The van der Waals surface area contributed by atoms with E-state index in [1.54, 1.807) is 0 Å². The van der Waals surface area contributed by atoms with Crippen LogP contribution in [0.3, 0.4) is 0 Å². The van der Waals surface area contributed by atoms with Crippen molar-refractivity contribution in [3.63, 3.8) is 0 Å². The van der Waals surface area contributed by atoms with Crippen LogP contribution in [0.5, 0.6) is 0 Å².